The Morgan fingerprint density at radius 3 is 2.60 bits per heavy atom. The van der Waals surface area contributed by atoms with Gasteiger partial charge in [-0.3, -0.25) is 4.79 Å². The zero-order chi connectivity index (χ0) is 18.6. The number of carbonyl (C=O) groups is 2. The highest BCUT2D eigenvalue weighted by Crippen LogP contribution is 2.28. The van der Waals surface area contributed by atoms with Gasteiger partial charge in [-0.15, -0.1) is 10.2 Å². The maximum atomic E-state index is 12.6. The summed E-state index contributed by atoms with van der Waals surface area (Å²) in [6.45, 7) is 0. The van der Waals surface area contributed by atoms with Crippen molar-refractivity contribution in [1.82, 2.24) is 14.9 Å². The number of nitrogens with two attached hydrogens (primary N) is 1. The second-order valence-corrected chi connectivity index (χ2v) is 5.49. The van der Waals surface area contributed by atoms with Crippen LogP contribution in [0.4, 0.5) is 18.9 Å². The zero-order valence-corrected chi connectivity index (χ0v) is 13.5. The Kier molecular flexibility index (Phi) is 5.51. The van der Waals surface area contributed by atoms with Gasteiger partial charge in [0.05, 0.1) is 24.1 Å². The van der Waals surface area contributed by atoms with Crippen molar-refractivity contribution in [2.24, 2.45) is 0 Å². The number of halogens is 3. The number of nitrogens with zero attached hydrogens (tertiary/aromatic N) is 3. The number of amides is 1. The van der Waals surface area contributed by atoms with Gasteiger partial charge in [0.1, 0.15) is 0 Å². The van der Waals surface area contributed by atoms with Crippen LogP contribution >= 0.6 is 11.8 Å². The van der Waals surface area contributed by atoms with E-state index in [-0.39, 0.29) is 26.8 Å². The van der Waals surface area contributed by atoms with E-state index in [0.29, 0.717) is 11.8 Å². The van der Waals surface area contributed by atoms with Gasteiger partial charge in [0, 0.05) is 0 Å². The molecular formula is C13H12F3N5O3S. The highest BCUT2D eigenvalue weighted by Gasteiger charge is 2.38. The van der Waals surface area contributed by atoms with Crippen molar-refractivity contribution in [2.45, 2.75) is 11.3 Å². The monoisotopic (exact) mass is 375 g/mol. The Balaban J connectivity index is 2.03. The largest absolute Gasteiger partial charge is 0.465 e. The van der Waals surface area contributed by atoms with Crippen LogP contribution in [0.15, 0.2) is 29.4 Å². The molecule has 2 aromatic rings. The molecular weight excluding hydrogens is 363 g/mol. The van der Waals surface area contributed by atoms with Crippen molar-refractivity contribution in [1.29, 1.82) is 0 Å². The molecule has 0 atom stereocenters. The molecule has 0 saturated heterocycles. The molecule has 3 N–H and O–H groups in total. The van der Waals surface area contributed by atoms with E-state index in [1.807, 2.05) is 0 Å². The molecule has 0 aliphatic carbocycles. The number of methoxy groups -OCH3 is 1. The number of nitrogens with one attached hydrogen (secondary N) is 1. The summed E-state index contributed by atoms with van der Waals surface area (Å²) in [5.74, 6) is 2.40. The summed E-state index contributed by atoms with van der Waals surface area (Å²) in [5, 5.41) is 8.44. The lowest BCUT2D eigenvalue weighted by Gasteiger charge is -2.09. The van der Waals surface area contributed by atoms with E-state index in [9.17, 15) is 22.8 Å². The number of benzene rings is 1. The summed E-state index contributed by atoms with van der Waals surface area (Å²) < 4.78 is 42.6. The maximum absolute atomic E-state index is 12.6. The van der Waals surface area contributed by atoms with Gasteiger partial charge in [-0.25, -0.2) is 9.47 Å². The fraction of sp³-hybridized carbons (Fsp3) is 0.231. The van der Waals surface area contributed by atoms with E-state index < -0.39 is 23.9 Å². The second kappa shape index (κ2) is 7.42. The lowest BCUT2D eigenvalue weighted by Crippen LogP contribution is -2.22. The lowest BCUT2D eigenvalue weighted by atomic mass is 10.2. The minimum Gasteiger partial charge on any atom is -0.465 e. The van der Waals surface area contributed by atoms with Crippen molar-refractivity contribution in [3.63, 3.8) is 0 Å². The number of thioether (sulfide) groups is 1. The fourth-order valence-electron chi connectivity index (χ4n) is 1.77. The summed E-state index contributed by atoms with van der Waals surface area (Å²) in [5.41, 5.74) is 0.356. The highest BCUT2D eigenvalue weighted by atomic mass is 32.2. The van der Waals surface area contributed by atoms with Crippen molar-refractivity contribution in [3.05, 3.63) is 35.7 Å². The molecule has 0 bridgehead atoms. The van der Waals surface area contributed by atoms with E-state index in [2.05, 4.69) is 20.3 Å². The van der Waals surface area contributed by atoms with E-state index in [0.717, 1.165) is 0 Å². The number of rotatable bonds is 5. The average molecular weight is 375 g/mol. The third-order valence-electron chi connectivity index (χ3n) is 2.86. The van der Waals surface area contributed by atoms with Crippen molar-refractivity contribution < 1.29 is 27.5 Å². The highest BCUT2D eigenvalue weighted by molar-refractivity contribution is 7.99. The molecule has 0 fully saturated rings. The molecule has 1 aromatic heterocycles. The number of aromatic nitrogens is 3. The van der Waals surface area contributed by atoms with Crippen LogP contribution in [0.3, 0.4) is 0 Å². The van der Waals surface area contributed by atoms with Crippen LogP contribution in [-0.2, 0) is 15.7 Å². The summed E-state index contributed by atoms with van der Waals surface area (Å²) in [7, 11) is 1.20. The van der Waals surface area contributed by atoms with Gasteiger partial charge in [0.2, 0.25) is 11.1 Å². The van der Waals surface area contributed by atoms with Gasteiger partial charge in [-0.2, -0.15) is 13.2 Å². The van der Waals surface area contributed by atoms with Gasteiger partial charge in [0.15, 0.2) is 0 Å². The lowest BCUT2D eigenvalue weighted by molar-refractivity contribution is -0.146. The normalized spacial score (nSPS) is 11.2. The smallest absolute Gasteiger partial charge is 0.453 e. The van der Waals surface area contributed by atoms with Gasteiger partial charge in [-0.1, -0.05) is 23.9 Å². The minimum absolute atomic E-state index is 0.143. The van der Waals surface area contributed by atoms with Gasteiger partial charge >= 0.3 is 12.1 Å². The molecule has 1 aromatic carbocycles. The number of esters is 1. The topological polar surface area (TPSA) is 112 Å². The molecule has 2 rings (SSSR count). The number of carbonyl (C=O) groups excluding carboxylic acids is 2. The van der Waals surface area contributed by atoms with Crippen molar-refractivity contribution in [2.75, 3.05) is 24.0 Å². The molecule has 1 heterocycles. The number of para-hydroxylation sites is 1. The average Bonchev–Trinajstić information content (AvgIpc) is 2.93. The third kappa shape index (κ3) is 4.41. The van der Waals surface area contributed by atoms with Gasteiger partial charge in [-0.05, 0) is 12.1 Å². The number of anilines is 1. The van der Waals surface area contributed by atoms with E-state index >= 15 is 0 Å². The molecule has 0 aliphatic rings. The van der Waals surface area contributed by atoms with Gasteiger partial charge in [0.25, 0.3) is 5.82 Å². The molecule has 0 saturated carbocycles. The Morgan fingerprint density at radius 1 is 1.32 bits per heavy atom. The van der Waals surface area contributed by atoms with Crippen LogP contribution in [0.25, 0.3) is 0 Å². The molecule has 8 nitrogen and oxygen atoms in total. The Morgan fingerprint density at radius 2 is 2.00 bits per heavy atom. The predicted molar refractivity (Wildman–Crippen MR) is 82.3 cm³/mol. The molecule has 0 spiro atoms. The van der Waals surface area contributed by atoms with Crippen LogP contribution in [0, 0.1) is 0 Å². The summed E-state index contributed by atoms with van der Waals surface area (Å²) in [4.78, 5) is 23.6. The van der Waals surface area contributed by atoms with Crippen LogP contribution in [0.1, 0.15) is 16.2 Å². The maximum Gasteiger partial charge on any atom is 0.453 e. The number of hydrogen-bond donors (Lipinski definition) is 2. The predicted octanol–water partition coefficient (Wildman–Crippen LogP) is 1.53. The SMILES string of the molecule is COC(=O)c1ccccc1NC(=O)CSc1nnc(C(F)(F)F)n1N. The molecule has 1 amide bonds. The first kappa shape index (κ1) is 18.6. The third-order valence-corrected chi connectivity index (χ3v) is 3.80. The number of alkyl halides is 3. The van der Waals surface area contributed by atoms with Crippen molar-refractivity contribution in [3.8, 4) is 0 Å². The second-order valence-electron chi connectivity index (χ2n) is 4.55. The minimum atomic E-state index is -4.75. The van der Waals surface area contributed by atoms with Crippen LogP contribution in [-0.4, -0.2) is 39.6 Å². The summed E-state index contributed by atoms with van der Waals surface area (Å²) >= 11 is 0.667. The fourth-order valence-corrected chi connectivity index (χ4v) is 2.42. The van der Waals surface area contributed by atoms with Crippen LogP contribution in [0.2, 0.25) is 0 Å². The molecule has 134 valence electrons. The van der Waals surface area contributed by atoms with Crippen LogP contribution < -0.4 is 11.2 Å². The zero-order valence-electron chi connectivity index (χ0n) is 12.7. The van der Waals surface area contributed by atoms with E-state index in [1.165, 1.54) is 19.2 Å². The van der Waals surface area contributed by atoms with Gasteiger partial charge < -0.3 is 15.9 Å². The number of ether oxygens (including phenoxy) is 1. The van der Waals surface area contributed by atoms with E-state index in [4.69, 9.17) is 5.84 Å². The Bertz CT molecular complexity index is 793. The molecule has 12 heteroatoms. The first-order chi connectivity index (χ1) is 11.7. The molecule has 0 aliphatic heterocycles. The molecule has 25 heavy (non-hydrogen) atoms. The summed E-state index contributed by atoms with van der Waals surface area (Å²) in [6, 6.07) is 6.14. The van der Waals surface area contributed by atoms with Crippen LogP contribution in [0.5, 0.6) is 0 Å². The Hall–Kier alpha value is -2.76. The first-order valence-corrected chi connectivity index (χ1v) is 7.60. The number of nitrogen functional groups attached to an aromatic ring is 1. The summed E-state index contributed by atoms with van der Waals surface area (Å²) in [6.07, 6.45) is -4.75. The number of hydrogen-bond acceptors (Lipinski definition) is 7. The Labute approximate surface area is 143 Å². The molecule has 0 unspecified atom stereocenters. The standard InChI is InChI=1S/C13H12F3N5O3S/c1-24-10(23)7-4-2-3-5-8(7)18-9(22)6-25-12-20-19-11(21(12)17)13(14,15)16/h2-5H,6,17H2,1H3,(H,18,22). The van der Waals surface area contributed by atoms with Crippen molar-refractivity contribution >= 4 is 29.3 Å². The van der Waals surface area contributed by atoms with E-state index in [1.54, 1.807) is 12.1 Å². The molecule has 0 radical (unpaired) electrons. The quantitative estimate of drug-likeness (QED) is 0.463. The first-order valence-electron chi connectivity index (χ1n) is 6.61.